The van der Waals surface area contributed by atoms with E-state index < -0.39 is 15.5 Å². The van der Waals surface area contributed by atoms with Gasteiger partial charge in [0.15, 0.2) is 0 Å². The first-order valence-electron chi connectivity index (χ1n) is 0.617. The second kappa shape index (κ2) is 3.99. The Kier molecular flexibility index (Phi) is 7.28. The molecule has 0 rings (SSSR count). The van der Waals surface area contributed by atoms with Gasteiger partial charge in [0.25, 0.3) is 0 Å². The van der Waals surface area contributed by atoms with E-state index in [2.05, 4.69) is 0 Å². The van der Waals surface area contributed by atoms with Crippen molar-refractivity contribution in [2.45, 2.75) is 0 Å². The van der Waals surface area contributed by atoms with Gasteiger partial charge in [-0.1, -0.05) is 0 Å². The SMILES string of the molecule is [Cs+].[O]=[Tc](=[O])(=[O])[O-]. The molecule has 0 unspecified atom stereocenters. The quantitative estimate of drug-likeness (QED) is 0.451. The van der Waals surface area contributed by atoms with Crippen molar-refractivity contribution in [3.63, 3.8) is 0 Å². The summed E-state index contributed by atoms with van der Waals surface area (Å²) in [4.78, 5) is 0. The fourth-order valence-electron chi connectivity index (χ4n) is 0. The van der Waals surface area contributed by atoms with E-state index in [1.807, 2.05) is 0 Å². The van der Waals surface area contributed by atoms with Gasteiger partial charge in [-0.05, 0) is 0 Å². The van der Waals surface area contributed by atoms with Crippen molar-refractivity contribution in [1.29, 1.82) is 0 Å². The molecule has 0 aliphatic carbocycles. The summed E-state index contributed by atoms with van der Waals surface area (Å²) in [5.41, 5.74) is 0. The van der Waals surface area contributed by atoms with Gasteiger partial charge in [-0.2, -0.15) is 0 Å². The van der Waals surface area contributed by atoms with Crippen LogP contribution in [0.4, 0.5) is 0 Å². The molecule has 32 valence electrons. The molecule has 6 heteroatoms. The van der Waals surface area contributed by atoms with E-state index in [1.54, 1.807) is 0 Å². The third-order valence-corrected chi connectivity index (χ3v) is 0. The summed E-state index contributed by atoms with van der Waals surface area (Å²) in [7, 11) is 0. The first-order valence-corrected chi connectivity index (χ1v) is 3.65. The molecule has 0 spiro atoms. The molecule has 0 aromatic rings. The summed E-state index contributed by atoms with van der Waals surface area (Å²) in [5.74, 6) is 0. The Bertz CT molecular complexity index is 129. The number of hydrogen-bond acceptors (Lipinski definition) is 4. The summed E-state index contributed by atoms with van der Waals surface area (Å²) in [5, 5.41) is 0. The summed E-state index contributed by atoms with van der Waals surface area (Å²) in [6.45, 7) is 0. The fourth-order valence-corrected chi connectivity index (χ4v) is 0. The zero-order chi connectivity index (χ0) is 4.50. The van der Waals surface area contributed by atoms with Crippen molar-refractivity contribution in [2.75, 3.05) is 0 Å². The normalized spacial score (nSPS) is 9.50. The molecule has 0 radical (unpaired) electrons. The van der Waals surface area contributed by atoms with Gasteiger partial charge >= 0.3 is 98.8 Å². The van der Waals surface area contributed by atoms with Gasteiger partial charge in [0.05, 0.1) is 0 Å². The molecule has 0 aromatic carbocycles. The average molecular weight is 295 g/mol. The summed E-state index contributed by atoms with van der Waals surface area (Å²) < 4.78 is 34.5. The minimum absolute atomic E-state index is 0. The van der Waals surface area contributed by atoms with Crippen LogP contribution in [0.3, 0.4) is 0 Å². The molecule has 0 fully saturated rings. The van der Waals surface area contributed by atoms with Gasteiger partial charge in [0, 0.05) is 0 Å². The second-order valence-corrected chi connectivity index (χ2v) is 2.24. The fraction of sp³-hybridized carbons (Fsp3) is 0. The van der Waals surface area contributed by atoms with Gasteiger partial charge in [-0.15, -0.1) is 0 Å². The standard InChI is InChI=1S/Cs.4O.Tc/q+1;;;;-1;. The number of rotatable bonds is 0. The Morgan fingerprint density at radius 2 is 1.17 bits per heavy atom. The molecule has 0 aromatic heterocycles. The Morgan fingerprint density at radius 3 is 1.17 bits per heavy atom. The first kappa shape index (κ1) is 10.9. The van der Waals surface area contributed by atoms with Crippen LogP contribution in [0.15, 0.2) is 0 Å². The van der Waals surface area contributed by atoms with Crippen molar-refractivity contribution in [2.24, 2.45) is 0 Å². The predicted molar refractivity (Wildman–Crippen MR) is 2.06 cm³/mol. The number of hydrogen-bond donors (Lipinski definition) is 0. The van der Waals surface area contributed by atoms with E-state index in [0.29, 0.717) is 0 Å². The Morgan fingerprint density at radius 1 is 1.17 bits per heavy atom. The van der Waals surface area contributed by atoms with E-state index in [0.717, 1.165) is 0 Å². The maximum atomic E-state index is 8.62. The molecule has 0 amide bonds. The Labute approximate surface area is 96.0 Å². The molecule has 6 heavy (non-hydrogen) atoms. The van der Waals surface area contributed by atoms with Crippen molar-refractivity contribution < 1.29 is 98.8 Å². The maximum absolute atomic E-state index is 8.62. The molecule has 0 bridgehead atoms. The van der Waals surface area contributed by atoms with Gasteiger partial charge in [-0.3, -0.25) is 0 Å². The van der Waals surface area contributed by atoms with Crippen LogP contribution in [-0.4, -0.2) is 0 Å². The van der Waals surface area contributed by atoms with Gasteiger partial charge in [-0.25, -0.2) is 0 Å². The van der Waals surface area contributed by atoms with E-state index in [-0.39, 0.29) is 68.9 Å². The van der Waals surface area contributed by atoms with Crippen LogP contribution in [0.2, 0.25) is 0 Å². The molecular weight excluding hydrogens is 295 g/mol. The summed E-state index contributed by atoms with van der Waals surface area (Å²) >= 11 is -5.94. The first-order chi connectivity index (χ1) is 2.00. The molecular formula is CsO4Tc. The van der Waals surface area contributed by atoms with Gasteiger partial charge in [0.1, 0.15) is 0 Å². The van der Waals surface area contributed by atoms with Crippen molar-refractivity contribution in [1.82, 2.24) is 0 Å². The van der Waals surface area contributed by atoms with Crippen LogP contribution < -0.4 is 72.8 Å². The van der Waals surface area contributed by atoms with Crippen LogP contribution in [0, 0.1) is 0 Å². The topological polar surface area (TPSA) is 74.3 Å². The van der Waals surface area contributed by atoms with Crippen LogP contribution in [0.5, 0.6) is 0 Å². The van der Waals surface area contributed by atoms with E-state index in [9.17, 15) is 0 Å². The van der Waals surface area contributed by atoms with Crippen LogP contribution in [-0.2, 0) is 26.0 Å². The third-order valence-electron chi connectivity index (χ3n) is 0. The third kappa shape index (κ3) is 36.5. The predicted octanol–water partition coefficient (Wildman–Crippen LogP) is -4.54. The molecule has 0 atom stereocenters. The monoisotopic (exact) mass is 294 g/mol. The van der Waals surface area contributed by atoms with Crippen LogP contribution in [0.1, 0.15) is 0 Å². The van der Waals surface area contributed by atoms with E-state index >= 15 is 0 Å². The Balaban J connectivity index is 0. The van der Waals surface area contributed by atoms with E-state index in [4.69, 9.17) is 14.4 Å². The van der Waals surface area contributed by atoms with Gasteiger partial charge in [0.2, 0.25) is 0 Å². The van der Waals surface area contributed by atoms with Crippen LogP contribution >= 0.6 is 0 Å². The average Bonchev–Trinajstić information content (AvgIpc) is 0.722. The molecule has 0 heterocycles. The second-order valence-electron chi connectivity index (χ2n) is 0.378. The van der Waals surface area contributed by atoms with Gasteiger partial charge < -0.3 is 0 Å². The summed E-state index contributed by atoms with van der Waals surface area (Å²) in [6, 6.07) is 0. The molecule has 4 nitrogen and oxygen atoms in total. The van der Waals surface area contributed by atoms with Crippen LogP contribution in [0.25, 0.3) is 0 Å². The van der Waals surface area contributed by atoms with Crippen molar-refractivity contribution in [3.8, 4) is 0 Å². The minimum atomic E-state index is -5.94. The zero-order valence-electron chi connectivity index (χ0n) is 3.01. The van der Waals surface area contributed by atoms with Crippen molar-refractivity contribution in [3.05, 3.63) is 0 Å². The molecule has 0 N–H and O–H groups in total. The molecule has 0 saturated heterocycles. The Hall–Kier alpha value is 2.06. The molecule has 0 saturated carbocycles. The molecule has 0 aliphatic rings. The molecule has 0 aliphatic heterocycles. The van der Waals surface area contributed by atoms with Crippen molar-refractivity contribution >= 4 is 0 Å². The zero-order valence-corrected chi connectivity index (χ0v) is 11.1. The van der Waals surface area contributed by atoms with E-state index in [1.165, 1.54) is 0 Å². The summed E-state index contributed by atoms with van der Waals surface area (Å²) in [6.07, 6.45) is 0.